The fraction of sp³-hybridized carbons (Fsp3) is 0.263. The van der Waals surface area contributed by atoms with E-state index in [9.17, 15) is 13.2 Å². The van der Waals surface area contributed by atoms with E-state index < -0.39 is 10.0 Å². The van der Waals surface area contributed by atoms with Crippen molar-refractivity contribution in [3.05, 3.63) is 63.6 Å². The van der Waals surface area contributed by atoms with E-state index in [0.29, 0.717) is 36.8 Å². The lowest BCUT2D eigenvalue weighted by Crippen LogP contribution is -3.15. The maximum absolute atomic E-state index is 12.7. The third kappa shape index (κ3) is 5.86. The van der Waals surface area contributed by atoms with Crippen LogP contribution in [0.15, 0.2) is 63.0 Å². The number of nitrogens with one attached hydrogen (secondary N) is 2. The zero-order valence-electron chi connectivity index (χ0n) is 15.5. The average molecular weight is 501 g/mol. The molecule has 7 nitrogen and oxygen atoms in total. The second kappa shape index (κ2) is 9.82. The van der Waals surface area contributed by atoms with Crippen LogP contribution >= 0.6 is 27.5 Å². The predicted octanol–water partition coefficient (Wildman–Crippen LogP) is 1.14. The number of amides is 1. The zero-order valence-corrected chi connectivity index (χ0v) is 18.7. The molecule has 1 aliphatic heterocycles. The van der Waals surface area contributed by atoms with Crippen LogP contribution in [0.4, 0.5) is 0 Å². The van der Waals surface area contributed by atoms with Crippen LogP contribution in [-0.2, 0) is 14.8 Å². The molecule has 1 saturated heterocycles. The molecular formula is C19H21BrClN4O3S+. The molecule has 1 fully saturated rings. The van der Waals surface area contributed by atoms with Crippen molar-refractivity contribution in [2.45, 2.75) is 4.90 Å². The van der Waals surface area contributed by atoms with Gasteiger partial charge in [0.25, 0.3) is 5.91 Å². The molecule has 10 heteroatoms. The van der Waals surface area contributed by atoms with E-state index in [1.165, 1.54) is 10.5 Å². The van der Waals surface area contributed by atoms with Gasteiger partial charge < -0.3 is 4.90 Å². The maximum atomic E-state index is 12.7. The molecule has 3 rings (SSSR count). The van der Waals surface area contributed by atoms with Gasteiger partial charge in [-0.05, 0) is 30.3 Å². The second-order valence-electron chi connectivity index (χ2n) is 6.60. The van der Waals surface area contributed by atoms with E-state index in [1.807, 2.05) is 12.1 Å². The Labute approximate surface area is 183 Å². The number of sulfonamides is 1. The number of benzene rings is 2. The Bertz CT molecular complexity index is 991. The van der Waals surface area contributed by atoms with Crippen molar-refractivity contribution in [3.63, 3.8) is 0 Å². The SMILES string of the molecule is O=C(C[NH+]1CCN(S(=O)(=O)c2ccc(Br)cc2)CC1)N/N=C/c1ccccc1Cl. The summed E-state index contributed by atoms with van der Waals surface area (Å²) in [5, 5.41) is 4.49. The summed E-state index contributed by atoms with van der Waals surface area (Å²) >= 11 is 9.34. The number of carbonyl (C=O) groups is 1. The topological polar surface area (TPSA) is 83.3 Å². The fourth-order valence-corrected chi connectivity index (χ4v) is 4.89. The molecule has 2 aromatic carbocycles. The molecule has 0 spiro atoms. The Hall–Kier alpha value is -1.78. The third-order valence-electron chi connectivity index (χ3n) is 4.59. The van der Waals surface area contributed by atoms with Crippen LogP contribution in [-0.4, -0.2) is 57.6 Å². The fourth-order valence-electron chi connectivity index (χ4n) is 3.00. The van der Waals surface area contributed by atoms with E-state index in [-0.39, 0.29) is 17.3 Å². The summed E-state index contributed by atoms with van der Waals surface area (Å²) in [4.78, 5) is 13.4. The summed E-state index contributed by atoms with van der Waals surface area (Å²) in [5.41, 5.74) is 3.21. The number of nitrogens with zero attached hydrogens (tertiary/aromatic N) is 2. The molecule has 0 unspecified atom stereocenters. The molecule has 0 saturated carbocycles. The van der Waals surface area contributed by atoms with Gasteiger partial charge in [0.2, 0.25) is 10.0 Å². The molecule has 0 aliphatic carbocycles. The Balaban J connectivity index is 1.48. The van der Waals surface area contributed by atoms with E-state index in [0.717, 1.165) is 9.37 Å². The summed E-state index contributed by atoms with van der Waals surface area (Å²) in [6.07, 6.45) is 1.50. The first-order valence-electron chi connectivity index (χ1n) is 9.02. The Morgan fingerprint density at radius 3 is 2.48 bits per heavy atom. The number of hydrogen-bond donors (Lipinski definition) is 2. The van der Waals surface area contributed by atoms with Crippen molar-refractivity contribution in [2.24, 2.45) is 5.10 Å². The maximum Gasteiger partial charge on any atom is 0.295 e. The smallest absolute Gasteiger partial charge is 0.295 e. The van der Waals surface area contributed by atoms with Gasteiger partial charge >= 0.3 is 0 Å². The van der Waals surface area contributed by atoms with Crippen molar-refractivity contribution in [1.29, 1.82) is 0 Å². The molecule has 0 bridgehead atoms. The molecule has 154 valence electrons. The minimum Gasteiger partial charge on any atom is -0.325 e. The van der Waals surface area contributed by atoms with E-state index in [2.05, 4.69) is 26.5 Å². The Morgan fingerprint density at radius 1 is 1.17 bits per heavy atom. The molecule has 0 aromatic heterocycles. The number of carbonyl (C=O) groups excluding carboxylic acids is 1. The highest BCUT2D eigenvalue weighted by Crippen LogP contribution is 2.18. The van der Waals surface area contributed by atoms with Crippen molar-refractivity contribution in [2.75, 3.05) is 32.7 Å². The molecule has 2 aromatic rings. The number of rotatable bonds is 6. The van der Waals surface area contributed by atoms with Gasteiger partial charge in [0.15, 0.2) is 6.54 Å². The van der Waals surface area contributed by atoms with Gasteiger partial charge in [-0.2, -0.15) is 9.41 Å². The minimum absolute atomic E-state index is 0.228. The average Bonchev–Trinajstić information content (AvgIpc) is 2.70. The summed E-state index contributed by atoms with van der Waals surface area (Å²) in [7, 11) is -3.52. The summed E-state index contributed by atoms with van der Waals surface area (Å²) in [6, 6.07) is 13.8. The van der Waals surface area contributed by atoms with Crippen molar-refractivity contribution >= 4 is 49.7 Å². The van der Waals surface area contributed by atoms with Crippen LogP contribution in [0.2, 0.25) is 5.02 Å². The Kier molecular flexibility index (Phi) is 7.42. The number of piperazine rings is 1. The van der Waals surface area contributed by atoms with Crippen LogP contribution in [0, 0.1) is 0 Å². The van der Waals surface area contributed by atoms with Crippen LogP contribution in [0.1, 0.15) is 5.56 Å². The lowest BCUT2D eigenvalue weighted by molar-refractivity contribution is -0.895. The number of halogens is 2. The molecule has 0 radical (unpaired) electrons. The summed E-state index contributed by atoms with van der Waals surface area (Å²) < 4.78 is 27.7. The first-order chi connectivity index (χ1) is 13.9. The lowest BCUT2D eigenvalue weighted by atomic mass is 10.2. The highest BCUT2D eigenvalue weighted by Gasteiger charge is 2.31. The third-order valence-corrected chi connectivity index (χ3v) is 7.38. The monoisotopic (exact) mass is 499 g/mol. The second-order valence-corrected chi connectivity index (χ2v) is 9.86. The van der Waals surface area contributed by atoms with E-state index >= 15 is 0 Å². The van der Waals surface area contributed by atoms with Crippen molar-refractivity contribution < 1.29 is 18.1 Å². The highest BCUT2D eigenvalue weighted by molar-refractivity contribution is 9.10. The van der Waals surface area contributed by atoms with Gasteiger partial charge in [-0.3, -0.25) is 4.79 Å². The quantitative estimate of drug-likeness (QED) is 0.461. The first kappa shape index (κ1) is 21.9. The van der Waals surface area contributed by atoms with Crippen LogP contribution in [0.25, 0.3) is 0 Å². The minimum atomic E-state index is -3.52. The van der Waals surface area contributed by atoms with Crippen LogP contribution < -0.4 is 10.3 Å². The predicted molar refractivity (Wildman–Crippen MR) is 116 cm³/mol. The molecule has 2 N–H and O–H groups in total. The van der Waals surface area contributed by atoms with Crippen LogP contribution in [0.5, 0.6) is 0 Å². The molecule has 29 heavy (non-hydrogen) atoms. The number of hydrogen-bond acceptors (Lipinski definition) is 4. The molecule has 1 aliphatic rings. The lowest BCUT2D eigenvalue weighted by Gasteiger charge is -2.31. The number of quaternary nitrogens is 1. The van der Waals surface area contributed by atoms with Gasteiger partial charge in [0, 0.05) is 15.1 Å². The molecule has 1 amide bonds. The van der Waals surface area contributed by atoms with Gasteiger partial charge in [0.05, 0.1) is 37.3 Å². The van der Waals surface area contributed by atoms with Gasteiger partial charge in [0.1, 0.15) is 0 Å². The standard InChI is InChI=1S/C19H20BrClN4O3S/c20-16-5-7-17(8-6-16)29(27,28)25-11-9-24(10-12-25)14-19(26)23-22-13-15-3-1-2-4-18(15)21/h1-8,13H,9-12,14H2,(H,23,26)/p+1/b22-13+. The van der Waals surface area contributed by atoms with Gasteiger partial charge in [-0.1, -0.05) is 45.7 Å². The van der Waals surface area contributed by atoms with E-state index in [1.54, 1.807) is 36.4 Å². The van der Waals surface area contributed by atoms with Gasteiger partial charge in [-0.25, -0.2) is 13.8 Å². The zero-order chi connectivity index (χ0) is 20.9. The number of hydrazone groups is 1. The summed E-state index contributed by atoms with van der Waals surface area (Å²) in [5.74, 6) is -0.229. The first-order valence-corrected chi connectivity index (χ1v) is 11.6. The normalized spacial score (nSPS) is 16.2. The van der Waals surface area contributed by atoms with Gasteiger partial charge in [-0.15, -0.1) is 0 Å². The largest absolute Gasteiger partial charge is 0.325 e. The summed E-state index contributed by atoms with van der Waals surface area (Å²) in [6.45, 7) is 2.06. The van der Waals surface area contributed by atoms with Crippen molar-refractivity contribution in [3.8, 4) is 0 Å². The van der Waals surface area contributed by atoms with Crippen LogP contribution in [0.3, 0.4) is 0 Å². The van der Waals surface area contributed by atoms with E-state index in [4.69, 9.17) is 11.6 Å². The molecule has 1 heterocycles. The Morgan fingerprint density at radius 2 is 1.83 bits per heavy atom. The molecule has 0 atom stereocenters. The highest BCUT2D eigenvalue weighted by atomic mass is 79.9. The molecular weight excluding hydrogens is 480 g/mol. The van der Waals surface area contributed by atoms with Crippen molar-refractivity contribution in [1.82, 2.24) is 9.73 Å².